The summed E-state index contributed by atoms with van der Waals surface area (Å²) in [5.74, 6) is 0. The van der Waals surface area contributed by atoms with E-state index in [1.54, 1.807) is 0 Å². The highest BCUT2D eigenvalue weighted by atomic mass is 14.7. The average Bonchev–Trinajstić information content (AvgIpc) is 2.85. The van der Waals surface area contributed by atoms with Crippen molar-refractivity contribution in [2.75, 3.05) is 0 Å². The zero-order valence-electron chi connectivity index (χ0n) is 7.49. The maximum absolute atomic E-state index is 4.42. The third-order valence-electron chi connectivity index (χ3n) is 2.94. The lowest BCUT2D eigenvalue weighted by Crippen LogP contribution is -1.72. The first-order chi connectivity index (χ1) is 6.93. The van der Waals surface area contributed by atoms with Crippen LogP contribution in [-0.4, -0.2) is 4.98 Å². The number of fused-ring (bicyclic) bond motifs is 5. The molecule has 0 bridgehead atoms. The van der Waals surface area contributed by atoms with Crippen LogP contribution in [0.15, 0.2) is 42.6 Å². The van der Waals surface area contributed by atoms with Crippen LogP contribution in [0.4, 0.5) is 0 Å². The van der Waals surface area contributed by atoms with Gasteiger partial charge in [0.15, 0.2) is 0 Å². The average molecular weight is 177 g/mol. The highest BCUT2D eigenvalue weighted by Gasteiger charge is 2.10. The molecule has 0 radical (unpaired) electrons. The van der Waals surface area contributed by atoms with E-state index in [1.165, 1.54) is 26.9 Å². The number of nitrogens with zero attached hydrogens (tertiary/aromatic N) is 1. The molecule has 0 unspecified atom stereocenters. The molecule has 0 saturated heterocycles. The molecule has 0 aliphatic rings. The molecule has 64 valence electrons. The van der Waals surface area contributed by atoms with Gasteiger partial charge in [-0.2, -0.15) is 0 Å². The van der Waals surface area contributed by atoms with Gasteiger partial charge in [-0.15, -0.1) is 0 Å². The Bertz CT molecular complexity index is 727. The molecule has 0 fully saturated rings. The van der Waals surface area contributed by atoms with Gasteiger partial charge in [0.1, 0.15) is 0 Å². The zero-order valence-corrected chi connectivity index (χ0v) is 7.49. The minimum Gasteiger partial charge on any atom is -0.256 e. The van der Waals surface area contributed by atoms with Crippen LogP contribution in [-0.2, 0) is 0 Å². The van der Waals surface area contributed by atoms with E-state index < -0.39 is 0 Å². The third-order valence-corrected chi connectivity index (χ3v) is 2.94. The standard InChI is InChI=1S/C13H7N/c1-3-9-5-6-14-13(9)12-8(1)2-4-10-7-11(10)12/h1-7H. The maximum atomic E-state index is 4.42. The van der Waals surface area contributed by atoms with Gasteiger partial charge in [-0.1, -0.05) is 24.3 Å². The molecule has 0 aliphatic heterocycles. The Kier molecular flexibility index (Phi) is 0.914. The van der Waals surface area contributed by atoms with Crippen LogP contribution in [0.5, 0.6) is 0 Å². The van der Waals surface area contributed by atoms with Crippen LogP contribution in [0.3, 0.4) is 0 Å². The molecule has 0 atom stereocenters. The first-order valence-electron chi connectivity index (χ1n) is 4.75. The van der Waals surface area contributed by atoms with Crippen molar-refractivity contribution in [1.29, 1.82) is 0 Å². The lowest BCUT2D eigenvalue weighted by Gasteiger charge is -1.96. The summed E-state index contributed by atoms with van der Waals surface area (Å²) in [6.07, 6.45) is 1.88. The normalized spacial score (nSPS) is 12.3. The number of aromatic nitrogens is 1. The molecule has 14 heavy (non-hydrogen) atoms. The summed E-state index contributed by atoms with van der Waals surface area (Å²) >= 11 is 0. The van der Waals surface area contributed by atoms with E-state index in [0.29, 0.717) is 0 Å². The van der Waals surface area contributed by atoms with Crippen molar-refractivity contribution in [3.8, 4) is 0 Å². The molecular formula is C13H7N. The highest BCUT2D eigenvalue weighted by Crippen LogP contribution is 2.36. The molecule has 4 rings (SSSR count). The largest absolute Gasteiger partial charge is 0.256 e. The van der Waals surface area contributed by atoms with Gasteiger partial charge in [0, 0.05) is 17.0 Å². The Hall–Kier alpha value is -1.89. The summed E-state index contributed by atoms with van der Waals surface area (Å²) in [6, 6.07) is 12.9. The fourth-order valence-corrected chi connectivity index (χ4v) is 2.16. The third kappa shape index (κ3) is 0.643. The second-order valence-electron chi connectivity index (χ2n) is 3.76. The molecule has 1 heterocycles. The van der Waals surface area contributed by atoms with Gasteiger partial charge in [-0.05, 0) is 28.3 Å². The van der Waals surface area contributed by atoms with Crippen LogP contribution in [0.1, 0.15) is 0 Å². The summed E-state index contributed by atoms with van der Waals surface area (Å²) in [5, 5.41) is 6.61. The number of benzene rings is 2. The monoisotopic (exact) mass is 177 g/mol. The highest BCUT2D eigenvalue weighted by molar-refractivity contribution is 6.24. The molecule has 0 spiro atoms. The molecule has 1 aromatic heterocycles. The summed E-state index contributed by atoms with van der Waals surface area (Å²) < 4.78 is 0. The summed E-state index contributed by atoms with van der Waals surface area (Å²) in [7, 11) is 0. The van der Waals surface area contributed by atoms with Crippen molar-refractivity contribution in [3.05, 3.63) is 42.6 Å². The van der Waals surface area contributed by atoms with E-state index in [0.717, 1.165) is 5.52 Å². The van der Waals surface area contributed by atoms with E-state index in [-0.39, 0.29) is 0 Å². The predicted octanol–water partition coefficient (Wildman–Crippen LogP) is 3.42. The molecule has 0 amide bonds. The minimum atomic E-state index is 1.15. The smallest absolute Gasteiger partial charge is 0.0787 e. The van der Waals surface area contributed by atoms with Gasteiger partial charge in [0.2, 0.25) is 0 Å². The van der Waals surface area contributed by atoms with Crippen molar-refractivity contribution in [2.24, 2.45) is 0 Å². The lowest BCUT2D eigenvalue weighted by molar-refractivity contribution is 1.49. The van der Waals surface area contributed by atoms with E-state index in [9.17, 15) is 0 Å². The van der Waals surface area contributed by atoms with Crippen molar-refractivity contribution in [2.45, 2.75) is 0 Å². The predicted molar refractivity (Wildman–Crippen MR) is 59.1 cm³/mol. The van der Waals surface area contributed by atoms with Crippen molar-refractivity contribution in [1.82, 2.24) is 4.98 Å². The second kappa shape index (κ2) is 1.95. The first kappa shape index (κ1) is 6.55. The van der Waals surface area contributed by atoms with Crippen LogP contribution in [0, 0.1) is 0 Å². The molecule has 1 heteroatoms. The Morgan fingerprint density at radius 3 is 2.50 bits per heavy atom. The summed E-state index contributed by atoms with van der Waals surface area (Å²) in [4.78, 5) is 4.42. The fraction of sp³-hybridized carbons (Fsp3) is 0. The van der Waals surface area contributed by atoms with E-state index in [4.69, 9.17) is 0 Å². The second-order valence-corrected chi connectivity index (χ2v) is 3.76. The summed E-state index contributed by atoms with van der Waals surface area (Å²) in [5.41, 5.74) is 1.15. The van der Waals surface area contributed by atoms with Gasteiger partial charge in [-0.3, -0.25) is 4.98 Å². The van der Waals surface area contributed by atoms with E-state index in [1.807, 2.05) is 6.20 Å². The van der Waals surface area contributed by atoms with Crippen molar-refractivity contribution in [3.63, 3.8) is 0 Å². The van der Waals surface area contributed by atoms with Gasteiger partial charge in [0.25, 0.3) is 0 Å². The van der Waals surface area contributed by atoms with E-state index in [2.05, 4.69) is 41.4 Å². The first-order valence-corrected chi connectivity index (χ1v) is 4.75. The van der Waals surface area contributed by atoms with Gasteiger partial charge in [0.05, 0.1) is 5.52 Å². The number of hydrogen-bond donors (Lipinski definition) is 0. The number of rotatable bonds is 0. The van der Waals surface area contributed by atoms with Crippen molar-refractivity contribution >= 4 is 32.4 Å². The van der Waals surface area contributed by atoms with Gasteiger partial charge >= 0.3 is 0 Å². The van der Waals surface area contributed by atoms with Gasteiger partial charge < -0.3 is 0 Å². The molecule has 0 saturated carbocycles. The molecular weight excluding hydrogens is 170 g/mol. The van der Waals surface area contributed by atoms with Crippen LogP contribution >= 0.6 is 0 Å². The fourth-order valence-electron chi connectivity index (χ4n) is 2.16. The van der Waals surface area contributed by atoms with E-state index >= 15 is 0 Å². The topological polar surface area (TPSA) is 12.9 Å². The SMILES string of the molecule is c1cc2ccc3ccc4cc4c3c2n1. The molecule has 4 aromatic rings. The maximum Gasteiger partial charge on any atom is 0.0787 e. The van der Waals surface area contributed by atoms with Crippen molar-refractivity contribution < 1.29 is 0 Å². The molecule has 3 aromatic carbocycles. The summed E-state index contributed by atoms with van der Waals surface area (Å²) in [6.45, 7) is 0. The molecule has 0 aliphatic carbocycles. The molecule has 0 N–H and O–H groups in total. The molecule has 1 nitrogen and oxygen atoms in total. The lowest BCUT2D eigenvalue weighted by atomic mass is 10.1. The Morgan fingerprint density at radius 2 is 1.57 bits per heavy atom. The quantitative estimate of drug-likeness (QED) is 0.401. The minimum absolute atomic E-state index is 1.15. The number of hydrogen-bond acceptors (Lipinski definition) is 1. The van der Waals surface area contributed by atoms with Crippen LogP contribution < -0.4 is 0 Å². The zero-order chi connectivity index (χ0) is 9.12. The Labute approximate surface area is 80.7 Å². The Balaban J connectivity index is 2.45. The van der Waals surface area contributed by atoms with Crippen LogP contribution in [0.25, 0.3) is 32.4 Å². The van der Waals surface area contributed by atoms with Crippen LogP contribution in [0.2, 0.25) is 0 Å². The Morgan fingerprint density at radius 1 is 0.786 bits per heavy atom. The van der Waals surface area contributed by atoms with Gasteiger partial charge in [-0.25, -0.2) is 0 Å².